The lowest BCUT2D eigenvalue weighted by atomic mass is 9.49. The third kappa shape index (κ3) is 4.55. The molecule has 4 bridgehead atoms. The van der Waals surface area contributed by atoms with Crippen LogP contribution >= 0.6 is 0 Å². The molecule has 4 fully saturated rings. The van der Waals surface area contributed by atoms with E-state index in [-0.39, 0.29) is 5.41 Å². The van der Waals surface area contributed by atoms with E-state index in [1.54, 1.807) is 0 Å². The average molecular weight is 334 g/mol. The first-order valence-electron chi connectivity index (χ1n) is 11.0. The molecule has 2 nitrogen and oxygen atoms in total. The highest BCUT2D eigenvalue weighted by molar-refractivity contribution is 5.83. The summed E-state index contributed by atoms with van der Waals surface area (Å²) in [6.07, 6.45) is 20.0. The summed E-state index contributed by atoms with van der Waals surface area (Å²) in [5.74, 6) is 3.03. The molecule has 0 atom stereocenters. The summed E-state index contributed by atoms with van der Waals surface area (Å²) in [6.45, 7) is 3.19. The molecule has 1 amide bonds. The van der Waals surface area contributed by atoms with E-state index in [4.69, 9.17) is 0 Å². The van der Waals surface area contributed by atoms with Gasteiger partial charge in [0, 0.05) is 12.0 Å². The van der Waals surface area contributed by atoms with Crippen LogP contribution < -0.4 is 5.32 Å². The van der Waals surface area contributed by atoms with Gasteiger partial charge in [0.15, 0.2) is 0 Å². The summed E-state index contributed by atoms with van der Waals surface area (Å²) in [6, 6.07) is 0. The molecule has 0 heterocycles. The second-order valence-corrected chi connectivity index (χ2v) is 9.28. The van der Waals surface area contributed by atoms with E-state index in [9.17, 15) is 4.79 Å². The van der Waals surface area contributed by atoms with Gasteiger partial charge in [-0.15, -0.1) is 0 Å². The summed E-state index contributed by atoms with van der Waals surface area (Å²) in [5.41, 5.74) is 0.0496. The van der Waals surface area contributed by atoms with Crippen LogP contribution in [0.5, 0.6) is 0 Å². The van der Waals surface area contributed by atoms with Crippen LogP contribution in [0, 0.1) is 23.2 Å². The second kappa shape index (κ2) is 8.72. The molecule has 0 aromatic carbocycles. The van der Waals surface area contributed by atoms with Crippen molar-refractivity contribution in [2.75, 3.05) is 6.54 Å². The van der Waals surface area contributed by atoms with Crippen molar-refractivity contribution in [1.29, 1.82) is 0 Å². The van der Waals surface area contributed by atoms with Gasteiger partial charge in [0.25, 0.3) is 0 Å². The molecule has 0 aromatic rings. The fraction of sp³-hybridized carbons (Fsp3) is 0.955. The van der Waals surface area contributed by atoms with Crippen LogP contribution in [0.2, 0.25) is 0 Å². The Hall–Kier alpha value is -0.530. The Balaban J connectivity index is 1.26. The molecule has 4 rings (SSSR count). The first-order chi connectivity index (χ1) is 11.7. The molecule has 2 heteroatoms. The first kappa shape index (κ1) is 18.3. The van der Waals surface area contributed by atoms with E-state index in [1.807, 2.05) is 0 Å². The monoisotopic (exact) mass is 333 g/mol. The Morgan fingerprint density at radius 3 is 1.75 bits per heavy atom. The lowest BCUT2D eigenvalue weighted by Gasteiger charge is -2.55. The Labute approximate surface area is 149 Å². The lowest BCUT2D eigenvalue weighted by Crippen LogP contribution is -2.53. The molecule has 138 valence electrons. The van der Waals surface area contributed by atoms with Crippen molar-refractivity contribution >= 4 is 5.91 Å². The number of hydrogen-bond donors (Lipinski definition) is 1. The van der Waals surface area contributed by atoms with E-state index in [2.05, 4.69) is 12.2 Å². The molecule has 4 aliphatic rings. The highest BCUT2D eigenvalue weighted by atomic mass is 16.2. The zero-order valence-electron chi connectivity index (χ0n) is 16.0. The van der Waals surface area contributed by atoms with Crippen molar-refractivity contribution in [3.8, 4) is 0 Å². The SMILES string of the molecule is CCCCCCCCCCCNC(=O)C12CC3CC(CC(C3)C1)C2. The van der Waals surface area contributed by atoms with Crippen LogP contribution in [-0.4, -0.2) is 12.5 Å². The van der Waals surface area contributed by atoms with Crippen LogP contribution in [0.3, 0.4) is 0 Å². The molecule has 0 aliphatic heterocycles. The largest absolute Gasteiger partial charge is 0.356 e. The summed E-state index contributed by atoms with van der Waals surface area (Å²) >= 11 is 0. The average Bonchev–Trinajstić information content (AvgIpc) is 2.55. The summed E-state index contributed by atoms with van der Waals surface area (Å²) < 4.78 is 0. The normalized spacial score (nSPS) is 33.8. The highest BCUT2D eigenvalue weighted by Crippen LogP contribution is 2.60. The van der Waals surface area contributed by atoms with E-state index in [0.717, 1.165) is 24.3 Å². The van der Waals surface area contributed by atoms with Crippen LogP contribution in [0.15, 0.2) is 0 Å². The van der Waals surface area contributed by atoms with Gasteiger partial charge in [0.2, 0.25) is 5.91 Å². The lowest BCUT2D eigenvalue weighted by molar-refractivity contribution is -0.146. The van der Waals surface area contributed by atoms with Crippen molar-refractivity contribution in [1.82, 2.24) is 5.32 Å². The Bertz CT molecular complexity index is 367. The molecule has 24 heavy (non-hydrogen) atoms. The van der Waals surface area contributed by atoms with Crippen LogP contribution in [0.4, 0.5) is 0 Å². The maximum atomic E-state index is 12.8. The van der Waals surface area contributed by atoms with Gasteiger partial charge in [-0.3, -0.25) is 4.79 Å². The zero-order valence-corrected chi connectivity index (χ0v) is 16.0. The number of unbranched alkanes of at least 4 members (excludes halogenated alkanes) is 8. The third-order valence-corrected chi connectivity index (χ3v) is 7.09. The number of amides is 1. The van der Waals surface area contributed by atoms with Gasteiger partial charge in [0.05, 0.1) is 0 Å². The minimum atomic E-state index is 0.0496. The number of hydrogen-bond acceptors (Lipinski definition) is 1. The molecule has 4 saturated carbocycles. The number of carbonyl (C=O) groups is 1. The predicted molar refractivity (Wildman–Crippen MR) is 101 cm³/mol. The highest BCUT2D eigenvalue weighted by Gasteiger charge is 2.54. The van der Waals surface area contributed by atoms with Crippen molar-refractivity contribution in [3.05, 3.63) is 0 Å². The topological polar surface area (TPSA) is 29.1 Å². The first-order valence-corrected chi connectivity index (χ1v) is 11.0. The smallest absolute Gasteiger partial charge is 0.226 e. The molecule has 4 aliphatic carbocycles. The quantitative estimate of drug-likeness (QED) is 0.472. The van der Waals surface area contributed by atoms with Gasteiger partial charge in [-0.1, -0.05) is 58.3 Å². The van der Waals surface area contributed by atoms with Gasteiger partial charge in [-0.2, -0.15) is 0 Å². The number of carbonyl (C=O) groups excluding carboxylic acids is 1. The van der Waals surface area contributed by atoms with Gasteiger partial charge < -0.3 is 5.32 Å². The Kier molecular flexibility index (Phi) is 6.63. The number of nitrogens with one attached hydrogen (secondary N) is 1. The maximum absolute atomic E-state index is 12.8. The summed E-state index contributed by atoms with van der Waals surface area (Å²) in [4.78, 5) is 12.8. The third-order valence-electron chi connectivity index (χ3n) is 7.09. The minimum absolute atomic E-state index is 0.0496. The van der Waals surface area contributed by atoms with Gasteiger partial charge >= 0.3 is 0 Å². The van der Waals surface area contributed by atoms with Crippen molar-refractivity contribution in [3.63, 3.8) is 0 Å². The molecular weight excluding hydrogens is 294 g/mol. The summed E-state index contributed by atoms with van der Waals surface area (Å²) in [7, 11) is 0. The molecular formula is C22H39NO. The van der Waals surface area contributed by atoms with E-state index in [1.165, 1.54) is 96.3 Å². The van der Waals surface area contributed by atoms with Crippen molar-refractivity contribution in [2.24, 2.45) is 23.2 Å². The van der Waals surface area contributed by atoms with Gasteiger partial charge in [0.1, 0.15) is 0 Å². The zero-order chi connectivity index (χ0) is 16.8. The molecule has 0 saturated heterocycles. The molecule has 1 N–H and O–H groups in total. The fourth-order valence-corrected chi connectivity index (χ4v) is 6.21. The van der Waals surface area contributed by atoms with Crippen LogP contribution in [0.25, 0.3) is 0 Å². The number of rotatable bonds is 11. The molecule has 0 aromatic heterocycles. The second-order valence-electron chi connectivity index (χ2n) is 9.28. The van der Waals surface area contributed by atoms with E-state index in [0.29, 0.717) is 5.91 Å². The van der Waals surface area contributed by atoms with Crippen molar-refractivity contribution < 1.29 is 4.79 Å². The Morgan fingerprint density at radius 1 is 0.792 bits per heavy atom. The van der Waals surface area contributed by atoms with Crippen LogP contribution in [-0.2, 0) is 4.79 Å². The van der Waals surface area contributed by atoms with Crippen LogP contribution in [0.1, 0.15) is 103 Å². The molecule has 0 radical (unpaired) electrons. The molecule has 0 unspecified atom stereocenters. The molecule has 0 spiro atoms. The fourth-order valence-electron chi connectivity index (χ4n) is 6.21. The van der Waals surface area contributed by atoms with Gasteiger partial charge in [-0.25, -0.2) is 0 Å². The van der Waals surface area contributed by atoms with Crippen molar-refractivity contribution in [2.45, 2.75) is 103 Å². The maximum Gasteiger partial charge on any atom is 0.226 e. The standard InChI is InChI=1S/C22H39NO/c1-2-3-4-5-6-7-8-9-10-11-23-21(24)22-15-18-12-19(16-22)14-20(13-18)17-22/h18-20H,2-17H2,1H3,(H,23,24). The Morgan fingerprint density at radius 2 is 1.25 bits per heavy atom. The minimum Gasteiger partial charge on any atom is -0.356 e. The summed E-state index contributed by atoms with van der Waals surface area (Å²) in [5, 5.41) is 3.32. The van der Waals surface area contributed by atoms with E-state index < -0.39 is 0 Å². The van der Waals surface area contributed by atoms with E-state index >= 15 is 0 Å². The predicted octanol–water partition coefficient (Wildman–Crippen LogP) is 5.85. The van der Waals surface area contributed by atoms with Gasteiger partial charge in [-0.05, 0) is 62.7 Å².